The number of aliphatic hydroxyl groups is 4. The van der Waals surface area contributed by atoms with E-state index in [-0.39, 0.29) is 62.3 Å². The molecule has 0 bridgehead atoms. The van der Waals surface area contributed by atoms with Crippen molar-refractivity contribution in [2.24, 2.45) is 45.7 Å². The molecule has 1 fully saturated rings. The van der Waals surface area contributed by atoms with E-state index in [4.69, 9.17) is 27.7 Å². The van der Waals surface area contributed by atoms with E-state index in [1.165, 1.54) is 38.1 Å². The summed E-state index contributed by atoms with van der Waals surface area (Å²) in [6.07, 6.45) is -7.91. The second kappa shape index (κ2) is 37.4. The first-order valence-corrected chi connectivity index (χ1v) is 38.1. The van der Waals surface area contributed by atoms with E-state index in [2.05, 4.69) is 72.5 Å². The van der Waals surface area contributed by atoms with E-state index in [9.17, 15) is 63.6 Å². The van der Waals surface area contributed by atoms with Gasteiger partial charge in [0.1, 0.15) is 42.3 Å². The Morgan fingerprint density at radius 2 is 1.22 bits per heavy atom. The van der Waals surface area contributed by atoms with Crippen LogP contribution >= 0.6 is 0 Å². The number of rotatable bonds is 24. The predicted octanol–water partition coefficient (Wildman–Crippen LogP) is -4.38. The number of benzene rings is 1. The minimum atomic E-state index is -2.55. The van der Waals surface area contributed by atoms with Crippen LogP contribution < -0.4 is 76.1 Å². The molecule has 2 rings (SSSR count). The smallest absolute Gasteiger partial charge is 0.331 e. The number of cyclic esters (lactones) is 1. The van der Waals surface area contributed by atoms with Crippen LogP contribution in [0.5, 0.6) is 0 Å². The van der Waals surface area contributed by atoms with Crippen molar-refractivity contribution in [1.82, 2.24) is 53.2 Å². The Bertz CT molecular complexity index is 2660. The number of ether oxygens (including phenoxy) is 1. The highest BCUT2D eigenvalue weighted by molar-refractivity contribution is 6.76. The van der Waals surface area contributed by atoms with Crippen LogP contribution in [-0.4, -0.2) is 213 Å². The Morgan fingerprint density at radius 1 is 0.681 bits per heavy atom. The van der Waals surface area contributed by atoms with Gasteiger partial charge in [-0.1, -0.05) is 118 Å². The number of carbonyl (C=O) groups is 11. The molecule has 0 unspecified atom stereocenters. The molecule has 1 aliphatic heterocycles. The van der Waals surface area contributed by atoms with Crippen LogP contribution in [0.2, 0.25) is 51.4 Å². The Hall–Kier alpha value is -7.15. The van der Waals surface area contributed by atoms with E-state index in [1.54, 1.807) is 33.8 Å². The molecule has 0 spiro atoms. The van der Waals surface area contributed by atoms with Gasteiger partial charge >= 0.3 is 5.97 Å². The maximum absolute atomic E-state index is 15.5. The third-order valence-electron chi connectivity index (χ3n) is 14.7. The van der Waals surface area contributed by atoms with E-state index < -0.39 is 191 Å². The zero-order valence-electron chi connectivity index (χ0n) is 54.7. The van der Waals surface area contributed by atoms with Gasteiger partial charge in [0.25, 0.3) is 0 Å². The number of nitrogens with zero attached hydrogens (tertiary/aromatic N) is 1. The average Bonchev–Trinajstić information content (AvgIpc) is 1.24. The van der Waals surface area contributed by atoms with Gasteiger partial charge in [0.15, 0.2) is 24.2 Å². The topological polar surface area (TPSA) is 515 Å². The average molecular weight is 1320 g/mol. The van der Waals surface area contributed by atoms with E-state index in [0.717, 1.165) is 6.92 Å². The van der Waals surface area contributed by atoms with Crippen molar-refractivity contribution in [3.63, 3.8) is 0 Å². The summed E-state index contributed by atoms with van der Waals surface area (Å²) in [6, 6.07) is -8.03. The number of aliphatic hydroxyl groups excluding tert-OH is 4. The highest BCUT2D eigenvalue weighted by Gasteiger charge is 2.44. The zero-order chi connectivity index (χ0) is 69.4. The summed E-state index contributed by atoms with van der Waals surface area (Å²) in [5, 5.41) is 69.3. The highest BCUT2D eigenvalue weighted by atomic mass is 28.3. The molecule has 1 aliphatic rings. The summed E-state index contributed by atoms with van der Waals surface area (Å²) in [4.78, 5) is 161. The number of carbonyl (C=O) groups excluding carboxylic acids is 11. The number of nitrogens with two attached hydrogens (primary N) is 4. The lowest BCUT2D eigenvalue weighted by Crippen LogP contribution is -2.64. The van der Waals surface area contributed by atoms with Gasteiger partial charge in [0, 0.05) is 35.3 Å². The summed E-state index contributed by atoms with van der Waals surface area (Å²) in [6.45, 7) is 21.1. The van der Waals surface area contributed by atoms with Gasteiger partial charge in [-0.15, -0.1) is 0 Å². The van der Waals surface area contributed by atoms with Crippen molar-refractivity contribution >= 4 is 87.1 Å². The summed E-state index contributed by atoms with van der Waals surface area (Å²) in [7, 11) is -3.94. The number of hydrogen-bond donors (Lipinski definition) is 18. The van der Waals surface area contributed by atoms with Gasteiger partial charge in [-0.05, 0) is 61.6 Å². The molecule has 0 radical (unpaired) electrons. The lowest BCUT2D eigenvalue weighted by atomic mass is 9.95. The summed E-state index contributed by atoms with van der Waals surface area (Å²) in [5.41, 5.74) is 23.1. The van der Waals surface area contributed by atoms with Crippen LogP contribution in [0.15, 0.2) is 35.3 Å². The van der Waals surface area contributed by atoms with Crippen LogP contribution in [0.1, 0.15) is 85.8 Å². The van der Waals surface area contributed by atoms with Gasteiger partial charge in [-0.2, -0.15) is 0 Å². The van der Waals surface area contributed by atoms with Gasteiger partial charge < -0.3 is 101 Å². The number of nitrogens with one attached hydrogen (secondary N) is 10. The standard InChI is InChI=1S/C58H103N15O16Si2/c1-14-31(6)40-53(84)71-41(32(7)75)52(83)65-25-39(76)69-43(46(78)48(60)79)55(86)68-37(26-74)57(88)89-47(33-19-16-15-17-20-33)44(73-51(82)38(28-91(11,12)13)64-24-34(59)27-90(8,9)10)56(87)72-42(45(77)30(4)5)54(85)67-36(23-29(2)3)50(81)66-35(49(80)70-40)21-18-22-63-58(61)62/h15-17,19-20,29-32,34-38,40-47,64,74-75,77-78H,14,18,21-28,59H2,1-13H3,(H2,60,79)(H,65,83)(H,66,81)(H,67,85)(H,68,86)(H,69,76)(H,70,80)(H,71,84)(H,72,87)(H,73,82)(H4,61,62,63)/t31-,32-,34-,35+,36-,37-,38-,40-,41-,42-,43-,44-,45+,46-,47+/m0/s1. The van der Waals surface area contributed by atoms with Crippen LogP contribution in [0.4, 0.5) is 0 Å². The summed E-state index contributed by atoms with van der Waals surface area (Å²) >= 11 is 0. The largest absolute Gasteiger partial charge is 0.453 e. The van der Waals surface area contributed by atoms with Gasteiger partial charge in [-0.3, -0.25) is 52.9 Å². The number of esters is 1. The quantitative estimate of drug-likeness (QED) is 0.0153. The molecule has 0 aliphatic carbocycles. The first-order valence-electron chi connectivity index (χ1n) is 30.7. The molecule has 33 heteroatoms. The normalized spacial score (nSPS) is 24.9. The van der Waals surface area contributed by atoms with Crippen LogP contribution in [0.25, 0.3) is 0 Å². The molecule has 91 heavy (non-hydrogen) atoms. The third-order valence-corrected chi connectivity index (χ3v) is 18.1. The van der Waals surface area contributed by atoms with Crippen molar-refractivity contribution in [3.8, 4) is 0 Å². The van der Waals surface area contributed by atoms with Gasteiger partial charge in [0.05, 0.1) is 31.4 Å². The fraction of sp³-hybridized carbons (Fsp3) is 0.690. The van der Waals surface area contributed by atoms with Crippen molar-refractivity contribution in [2.45, 2.75) is 210 Å². The number of hydrogen-bond acceptors (Lipinski definition) is 19. The van der Waals surface area contributed by atoms with Crippen LogP contribution in [0, 0.1) is 17.8 Å². The number of primary amides is 1. The molecular weight excluding hydrogens is 1220 g/mol. The maximum atomic E-state index is 15.5. The molecule has 10 amide bonds. The molecule has 1 aromatic carbocycles. The Labute approximate surface area is 534 Å². The fourth-order valence-corrected chi connectivity index (χ4v) is 12.9. The number of amides is 10. The monoisotopic (exact) mass is 1320 g/mol. The summed E-state index contributed by atoms with van der Waals surface area (Å²) in [5.74, 6) is -15.3. The molecule has 1 aromatic rings. The fourth-order valence-electron chi connectivity index (χ4n) is 9.68. The second-order valence-electron chi connectivity index (χ2n) is 26.4. The second-order valence-corrected chi connectivity index (χ2v) is 37.4. The minimum absolute atomic E-state index is 0.00557. The lowest BCUT2D eigenvalue weighted by molar-refractivity contribution is -0.159. The molecule has 0 saturated carbocycles. The predicted molar refractivity (Wildman–Crippen MR) is 343 cm³/mol. The molecule has 1 saturated heterocycles. The van der Waals surface area contributed by atoms with E-state index >= 15 is 9.59 Å². The van der Waals surface area contributed by atoms with Crippen LogP contribution in [-0.2, 0) is 57.5 Å². The molecule has 1 heterocycles. The van der Waals surface area contributed by atoms with Crippen molar-refractivity contribution in [2.75, 3.05) is 26.2 Å². The number of guanidine groups is 1. The molecule has 15 atom stereocenters. The van der Waals surface area contributed by atoms with Gasteiger partial charge in [-0.25, -0.2) is 4.79 Å². The molecule has 514 valence electrons. The Balaban J connectivity index is 3.13. The Kier molecular flexibility index (Phi) is 32.8. The van der Waals surface area contributed by atoms with Gasteiger partial charge in [0.2, 0.25) is 59.1 Å². The van der Waals surface area contributed by atoms with Crippen molar-refractivity contribution in [3.05, 3.63) is 35.9 Å². The number of aliphatic imine (C=N–C) groups is 1. The molecule has 0 aromatic heterocycles. The highest BCUT2D eigenvalue weighted by Crippen LogP contribution is 2.25. The third kappa shape index (κ3) is 27.7. The molecule has 31 nitrogen and oxygen atoms in total. The summed E-state index contributed by atoms with van der Waals surface area (Å²) < 4.78 is 6.01. The first-order chi connectivity index (χ1) is 42.2. The van der Waals surface area contributed by atoms with E-state index in [1.807, 2.05) is 25.0 Å². The lowest BCUT2D eigenvalue weighted by Gasteiger charge is -2.34. The Morgan fingerprint density at radius 3 is 1.75 bits per heavy atom. The van der Waals surface area contributed by atoms with E-state index in [0.29, 0.717) is 6.04 Å². The van der Waals surface area contributed by atoms with Crippen molar-refractivity contribution in [1.29, 1.82) is 0 Å². The minimum Gasteiger partial charge on any atom is -0.453 e. The molecular formula is C58H103N15O16Si2. The first kappa shape index (κ1) is 79.9. The van der Waals surface area contributed by atoms with Crippen molar-refractivity contribution < 1.29 is 77.9 Å². The zero-order valence-corrected chi connectivity index (χ0v) is 56.7. The maximum Gasteiger partial charge on any atom is 0.331 e. The molecule has 22 N–H and O–H groups in total. The van der Waals surface area contributed by atoms with Crippen LogP contribution in [0.3, 0.4) is 0 Å². The SMILES string of the molecule is CC[C@H](C)[C@@H]1NC(=O)[C@@H](CCCN=C(N)N)NC(=O)[C@H](CC(C)C)NC(=O)[C@H]([C@H](O)C(C)C)NC(=O)[C@@H](NC(=O)[C@H](C[Si](C)(C)C)NC[C@H](N)C[Si](C)(C)C)[C@@H](c2ccccc2)OC(=O)[C@H](CO)NC(=O)[C@H]([C@H](O)C(N)=O)NC(=O)CNC(=O)[C@H]([C@H](C)O)NC1=O.